The van der Waals surface area contributed by atoms with E-state index in [1.807, 2.05) is 48.5 Å². The minimum absolute atomic E-state index is 0.102. The Labute approximate surface area is 183 Å². The number of hydrogen-bond donors (Lipinski definition) is 1. The zero-order valence-corrected chi connectivity index (χ0v) is 17.2. The molecule has 0 aliphatic heterocycles. The van der Waals surface area contributed by atoms with E-state index in [1.54, 1.807) is 37.4 Å². The van der Waals surface area contributed by atoms with Crippen molar-refractivity contribution in [1.82, 2.24) is 4.98 Å². The summed E-state index contributed by atoms with van der Waals surface area (Å²) in [4.78, 5) is 16.2. The first-order chi connectivity index (χ1) is 15.6. The number of hydrogen-bond acceptors (Lipinski definition) is 5. The Morgan fingerprint density at radius 1 is 1.00 bits per heavy atom. The summed E-state index contributed by atoms with van der Waals surface area (Å²) in [6, 6.07) is 22.5. The Morgan fingerprint density at radius 3 is 2.66 bits per heavy atom. The molecule has 0 aliphatic carbocycles. The van der Waals surface area contributed by atoms with Crippen LogP contribution in [0.15, 0.2) is 83.4 Å². The minimum atomic E-state index is -1.06. The zero-order chi connectivity index (χ0) is 22.1. The first-order valence-electron chi connectivity index (χ1n) is 10.1. The van der Waals surface area contributed by atoms with Gasteiger partial charge in [0, 0.05) is 17.6 Å². The van der Waals surface area contributed by atoms with Crippen molar-refractivity contribution >= 4 is 27.8 Å². The van der Waals surface area contributed by atoms with Crippen LogP contribution < -0.4 is 9.47 Å². The van der Waals surface area contributed by atoms with E-state index in [2.05, 4.69) is 4.98 Å². The highest BCUT2D eigenvalue weighted by Crippen LogP contribution is 2.38. The SMILES string of the molecule is Cc1oc2cccc(Oc3ccnc4cc(OCc5ccccc5)ccc34)c2c1C(=O)O. The van der Waals surface area contributed by atoms with E-state index in [1.165, 1.54) is 0 Å². The van der Waals surface area contributed by atoms with Crippen LogP contribution in [0.1, 0.15) is 21.7 Å². The van der Waals surface area contributed by atoms with Crippen molar-refractivity contribution in [3.63, 3.8) is 0 Å². The van der Waals surface area contributed by atoms with Gasteiger partial charge in [-0.25, -0.2) is 4.79 Å². The van der Waals surface area contributed by atoms with E-state index in [0.29, 0.717) is 46.1 Å². The lowest BCUT2D eigenvalue weighted by Gasteiger charge is -2.11. The molecule has 0 radical (unpaired) electrons. The molecule has 0 bridgehead atoms. The van der Waals surface area contributed by atoms with Gasteiger partial charge in [0.05, 0.1) is 10.9 Å². The van der Waals surface area contributed by atoms with E-state index in [-0.39, 0.29) is 5.56 Å². The normalized spacial score (nSPS) is 11.0. The van der Waals surface area contributed by atoms with Gasteiger partial charge >= 0.3 is 5.97 Å². The standard InChI is InChI=1S/C26H19NO5/c1-16-24(26(28)29)25-22(31-16)8-5-9-23(25)32-21-12-13-27-20-14-18(10-11-19(20)21)30-15-17-6-3-2-4-7-17/h2-14H,15H2,1H3,(H,28,29). The molecule has 32 heavy (non-hydrogen) atoms. The number of rotatable bonds is 6. The number of aromatic carboxylic acids is 1. The fourth-order valence-electron chi connectivity index (χ4n) is 3.72. The maximum atomic E-state index is 11.8. The lowest BCUT2D eigenvalue weighted by Crippen LogP contribution is -1.98. The van der Waals surface area contributed by atoms with E-state index in [0.717, 1.165) is 10.9 Å². The summed E-state index contributed by atoms with van der Waals surface area (Å²) in [6.45, 7) is 2.09. The molecule has 158 valence electrons. The van der Waals surface area contributed by atoms with Crippen LogP contribution in [0, 0.1) is 6.92 Å². The summed E-state index contributed by atoms with van der Waals surface area (Å²) in [5, 5.41) is 10.9. The van der Waals surface area contributed by atoms with E-state index in [9.17, 15) is 9.90 Å². The Balaban J connectivity index is 1.48. The van der Waals surface area contributed by atoms with E-state index >= 15 is 0 Å². The molecule has 0 spiro atoms. The molecule has 3 aromatic carbocycles. The number of fused-ring (bicyclic) bond motifs is 2. The third-order valence-electron chi connectivity index (χ3n) is 5.21. The number of nitrogens with zero attached hydrogens (tertiary/aromatic N) is 1. The number of carboxylic acid groups (broad SMARTS) is 1. The molecule has 5 rings (SSSR count). The third-order valence-corrected chi connectivity index (χ3v) is 5.21. The van der Waals surface area contributed by atoms with E-state index in [4.69, 9.17) is 13.9 Å². The molecule has 0 saturated carbocycles. The second-order valence-corrected chi connectivity index (χ2v) is 7.33. The molecule has 0 fully saturated rings. The van der Waals surface area contributed by atoms with Gasteiger partial charge < -0.3 is 19.0 Å². The van der Waals surface area contributed by atoms with Crippen LogP contribution in [-0.4, -0.2) is 16.1 Å². The Kier molecular flexibility index (Phi) is 4.95. The highest BCUT2D eigenvalue weighted by molar-refractivity contribution is 6.06. The van der Waals surface area contributed by atoms with Crippen LogP contribution in [0.5, 0.6) is 17.2 Å². The van der Waals surface area contributed by atoms with Gasteiger partial charge in [-0.3, -0.25) is 4.98 Å². The second-order valence-electron chi connectivity index (χ2n) is 7.33. The van der Waals surface area contributed by atoms with Crippen molar-refractivity contribution in [3.05, 3.63) is 95.9 Å². The summed E-state index contributed by atoms with van der Waals surface area (Å²) in [7, 11) is 0. The van der Waals surface area contributed by atoms with Crippen molar-refractivity contribution in [3.8, 4) is 17.2 Å². The van der Waals surface area contributed by atoms with Gasteiger partial charge in [0.15, 0.2) is 0 Å². The lowest BCUT2D eigenvalue weighted by atomic mass is 10.1. The number of benzene rings is 3. The Morgan fingerprint density at radius 2 is 1.84 bits per heavy atom. The highest BCUT2D eigenvalue weighted by Gasteiger charge is 2.21. The molecule has 2 heterocycles. The van der Waals surface area contributed by atoms with Crippen LogP contribution in [-0.2, 0) is 6.61 Å². The van der Waals surface area contributed by atoms with Gasteiger partial charge in [-0.2, -0.15) is 0 Å². The first-order valence-corrected chi connectivity index (χ1v) is 10.1. The molecule has 0 amide bonds. The molecule has 0 saturated heterocycles. The van der Waals surface area contributed by atoms with Crippen molar-refractivity contribution in [1.29, 1.82) is 0 Å². The monoisotopic (exact) mass is 425 g/mol. The third kappa shape index (κ3) is 3.63. The molecule has 5 aromatic rings. The van der Waals surface area contributed by atoms with Gasteiger partial charge in [-0.1, -0.05) is 36.4 Å². The molecule has 0 aliphatic rings. The van der Waals surface area contributed by atoms with Gasteiger partial charge in [0.2, 0.25) is 0 Å². The zero-order valence-electron chi connectivity index (χ0n) is 17.2. The average Bonchev–Trinajstić information content (AvgIpc) is 3.15. The number of carboxylic acids is 1. The predicted molar refractivity (Wildman–Crippen MR) is 121 cm³/mol. The smallest absolute Gasteiger partial charge is 0.340 e. The molecule has 0 unspecified atom stereocenters. The summed E-state index contributed by atoms with van der Waals surface area (Å²) < 4.78 is 17.7. The van der Waals surface area contributed by atoms with Crippen molar-refractivity contribution in [2.75, 3.05) is 0 Å². The summed E-state index contributed by atoms with van der Waals surface area (Å²) in [5.41, 5.74) is 2.36. The number of aromatic nitrogens is 1. The molecule has 2 aromatic heterocycles. The van der Waals surface area contributed by atoms with Gasteiger partial charge in [0.25, 0.3) is 0 Å². The maximum Gasteiger partial charge on any atom is 0.340 e. The van der Waals surface area contributed by atoms with Gasteiger partial charge in [0.1, 0.15) is 40.8 Å². The molecular formula is C26H19NO5. The quantitative estimate of drug-likeness (QED) is 0.341. The molecule has 0 atom stereocenters. The van der Waals surface area contributed by atoms with Gasteiger partial charge in [-0.15, -0.1) is 0 Å². The Bertz CT molecular complexity index is 1440. The van der Waals surface area contributed by atoms with Crippen LogP contribution >= 0.6 is 0 Å². The average molecular weight is 425 g/mol. The number of pyridine rings is 1. The molecule has 6 heteroatoms. The summed E-state index contributed by atoms with van der Waals surface area (Å²) in [5.74, 6) is 0.952. The van der Waals surface area contributed by atoms with Crippen LogP contribution in [0.3, 0.4) is 0 Å². The second kappa shape index (κ2) is 8.07. The number of furan rings is 1. The molecular weight excluding hydrogens is 406 g/mol. The van der Waals surface area contributed by atoms with Crippen LogP contribution in [0.2, 0.25) is 0 Å². The highest BCUT2D eigenvalue weighted by atomic mass is 16.5. The topological polar surface area (TPSA) is 81.8 Å². The Hall–Kier alpha value is -4.32. The number of ether oxygens (including phenoxy) is 2. The summed E-state index contributed by atoms with van der Waals surface area (Å²) in [6.07, 6.45) is 1.65. The molecule has 1 N–H and O–H groups in total. The lowest BCUT2D eigenvalue weighted by molar-refractivity contribution is 0.0696. The molecule has 6 nitrogen and oxygen atoms in total. The predicted octanol–water partition coefficient (Wildman–Crippen LogP) is 6.36. The van der Waals surface area contributed by atoms with Crippen LogP contribution in [0.4, 0.5) is 0 Å². The number of aryl methyl sites for hydroxylation is 1. The minimum Gasteiger partial charge on any atom is -0.489 e. The van der Waals surface area contributed by atoms with E-state index < -0.39 is 5.97 Å². The number of carbonyl (C=O) groups is 1. The van der Waals surface area contributed by atoms with Crippen molar-refractivity contribution in [2.45, 2.75) is 13.5 Å². The van der Waals surface area contributed by atoms with Crippen LogP contribution in [0.25, 0.3) is 21.9 Å². The van der Waals surface area contributed by atoms with Crippen molar-refractivity contribution in [2.24, 2.45) is 0 Å². The first kappa shape index (κ1) is 19.6. The fraction of sp³-hybridized carbons (Fsp3) is 0.0769. The largest absolute Gasteiger partial charge is 0.489 e. The fourth-order valence-corrected chi connectivity index (χ4v) is 3.72. The van der Waals surface area contributed by atoms with Gasteiger partial charge in [-0.05, 0) is 42.8 Å². The van der Waals surface area contributed by atoms with Crippen molar-refractivity contribution < 1.29 is 23.8 Å². The maximum absolute atomic E-state index is 11.8. The summed E-state index contributed by atoms with van der Waals surface area (Å²) >= 11 is 0.